The SMILES string of the molecule is CNS(=O)(=O)Nc1cccc(Cc2c(CCO)c3ccc(OC(=O)N(C)C)cc3oc2=O)c1F. The molecule has 2 aromatic carbocycles. The number of carbonyl (C=O) groups excluding carboxylic acids is 1. The van der Waals surface area contributed by atoms with Gasteiger partial charge in [-0.1, -0.05) is 12.1 Å². The van der Waals surface area contributed by atoms with Gasteiger partial charge in [-0.3, -0.25) is 4.72 Å². The molecular formula is C22H24FN3O7S. The van der Waals surface area contributed by atoms with Crippen molar-refractivity contribution in [3.63, 3.8) is 0 Å². The third-order valence-corrected chi connectivity index (χ3v) is 6.01. The Morgan fingerprint density at radius 1 is 1.21 bits per heavy atom. The number of hydrogen-bond acceptors (Lipinski definition) is 7. The molecular weight excluding hydrogens is 469 g/mol. The predicted octanol–water partition coefficient (Wildman–Crippen LogP) is 1.99. The topological polar surface area (TPSA) is 138 Å². The summed E-state index contributed by atoms with van der Waals surface area (Å²) in [6.07, 6.45) is -0.730. The van der Waals surface area contributed by atoms with E-state index in [-0.39, 0.29) is 47.6 Å². The van der Waals surface area contributed by atoms with Gasteiger partial charge in [0.25, 0.3) is 10.2 Å². The second-order valence-corrected chi connectivity index (χ2v) is 9.12. The van der Waals surface area contributed by atoms with Gasteiger partial charge in [-0.05, 0) is 35.7 Å². The van der Waals surface area contributed by atoms with E-state index in [9.17, 15) is 23.1 Å². The fourth-order valence-electron chi connectivity index (χ4n) is 3.30. The van der Waals surface area contributed by atoms with Gasteiger partial charge in [-0.2, -0.15) is 8.42 Å². The Kier molecular flexibility index (Phi) is 7.54. The molecule has 34 heavy (non-hydrogen) atoms. The van der Waals surface area contributed by atoms with Crippen molar-refractivity contribution in [2.75, 3.05) is 32.5 Å². The number of ether oxygens (including phenoxy) is 1. The molecule has 3 N–H and O–H groups in total. The van der Waals surface area contributed by atoms with Gasteiger partial charge in [0.15, 0.2) is 5.82 Å². The molecule has 1 amide bonds. The van der Waals surface area contributed by atoms with Crippen LogP contribution in [0.3, 0.4) is 0 Å². The highest BCUT2D eigenvalue weighted by molar-refractivity contribution is 7.90. The molecule has 0 unspecified atom stereocenters. The van der Waals surface area contributed by atoms with Crippen LogP contribution < -0.4 is 19.8 Å². The molecule has 0 aliphatic rings. The lowest BCUT2D eigenvalue weighted by Gasteiger charge is -2.14. The molecule has 10 nitrogen and oxygen atoms in total. The van der Waals surface area contributed by atoms with Gasteiger partial charge in [0.1, 0.15) is 11.3 Å². The van der Waals surface area contributed by atoms with Gasteiger partial charge in [-0.15, -0.1) is 0 Å². The lowest BCUT2D eigenvalue weighted by Crippen LogP contribution is -2.27. The van der Waals surface area contributed by atoms with E-state index in [1.54, 1.807) is 6.07 Å². The maximum Gasteiger partial charge on any atom is 0.414 e. The van der Waals surface area contributed by atoms with Crippen molar-refractivity contribution in [2.24, 2.45) is 0 Å². The minimum absolute atomic E-state index is 0.0543. The average Bonchev–Trinajstić information content (AvgIpc) is 2.78. The Morgan fingerprint density at radius 2 is 1.94 bits per heavy atom. The molecule has 0 bridgehead atoms. The summed E-state index contributed by atoms with van der Waals surface area (Å²) >= 11 is 0. The van der Waals surface area contributed by atoms with Crippen LogP contribution in [0.25, 0.3) is 11.0 Å². The first kappa shape index (κ1) is 25.1. The van der Waals surface area contributed by atoms with Crippen molar-refractivity contribution in [2.45, 2.75) is 12.8 Å². The van der Waals surface area contributed by atoms with E-state index < -0.39 is 27.7 Å². The molecule has 0 radical (unpaired) electrons. The Bertz CT molecular complexity index is 1390. The number of nitrogens with zero attached hydrogens (tertiary/aromatic N) is 1. The zero-order valence-electron chi connectivity index (χ0n) is 18.7. The third-order valence-electron chi connectivity index (χ3n) is 4.98. The zero-order valence-corrected chi connectivity index (χ0v) is 19.5. The summed E-state index contributed by atoms with van der Waals surface area (Å²) in [4.78, 5) is 25.9. The summed E-state index contributed by atoms with van der Waals surface area (Å²) in [7, 11) is 0.272. The largest absolute Gasteiger partial charge is 0.422 e. The molecule has 3 aromatic rings. The number of anilines is 1. The number of benzene rings is 2. The minimum Gasteiger partial charge on any atom is -0.422 e. The van der Waals surface area contributed by atoms with Crippen molar-refractivity contribution in [3.05, 3.63) is 69.3 Å². The van der Waals surface area contributed by atoms with Gasteiger partial charge < -0.3 is 19.2 Å². The van der Waals surface area contributed by atoms with Crippen molar-refractivity contribution in [1.29, 1.82) is 0 Å². The maximum atomic E-state index is 15.0. The van der Waals surface area contributed by atoms with Crippen molar-refractivity contribution in [1.82, 2.24) is 9.62 Å². The van der Waals surface area contributed by atoms with Crippen molar-refractivity contribution in [3.8, 4) is 5.75 Å². The van der Waals surface area contributed by atoms with Gasteiger partial charge in [0.05, 0.1) is 5.69 Å². The predicted molar refractivity (Wildman–Crippen MR) is 124 cm³/mol. The molecule has 1 heterocycles. The molecule has 0 aliphatic carbocycles. The van der Waals surface area contributed by atoms with Crippen LogP contribution in [-0.2, 0) is 23.1 Å². The first-order chi connectivity index (χ1) is 16.1. The Labute approximate surface area is 195 Å². The van der Waals surface area contributed by atoms with Crippen molar-refractivity contribution >= 4 is 33.0 Å². The highest BCUT2D eigenvalue weighted by Gasteiger charge is 2.20. The molecule has 182 valence electrons. The lowest BCUT2D eigenvalue weighted by molar-refractivity contribution is 0.172. The smallest absolute Gasteiger partial charge is 0.414 e. The Hall–Kier alpha value is -3.48. The second-order valence-electron chi connectivity index (χ2n) is 7.51. The molecule has 0 atom stereocenters. The quantitative estimate of drug-likeness (QED) is 0.408. The van der Waals surface area contributed by atoms with E-state index >= 15 is 4.39 Å². The second kappa shape index (κ2) is 10.2. The molecule has 0 spiro atoms. The van der Waals surface area contributed by atoms with Crippen molar-refractivity contribution < 1.29 is 31.9 Å². The Morgan fingerprint density at radius 3 is 2.59 bits per heavy atom. The van der Waals surface area contributed by atoms with E-state index in [1.807, 2.05) is 4.72 Å². The van der Waals surface area contributed by atoms with Crippen LogP contribution in [-0.4, -0.2) is 52.3 Å². The summed E-state index contributed by atoms with van der Waals surface area (Å²) in [6, 6.07) is 8.60. The van der Waals surface area contributed by atoms with Gasteiger partial charge in [0, 0.05) is 51.2 Å². The summed E-state index contributed by atoms with van der Waals surface area (Å²) in [5.41, 5.74) is -0.288. The van der Waals surface area contributed by atoms with E-state index in [2.05, 4.69) is 4.72 Å². The highest BCUT2D eigenvalue weighted by Crippen LogP contribution is 2.28. The van der Waals surface area contributed by atoms with Crippen LogP contribution in [0, 0.1) is 5.82 Å². The van der Waals surface area contributed by atoms with Crippen LogP contribution in [0.15, 0.2) is 45.6 Å². The number of aliphatic hydroxyl groups excluding tert-OH is 1. The Balaban J connectivity index is 2.06. The maximum absolute atomic E-state index is 15.0. The summed E-state index contributed by atoms with van der Waals surface area (Å²) in [5.74, 6) is -0.686. The van der Waals surface area contributed by atoms with Crippen LogP contribution in [0.5, 0.6) is 5.75 Å². The molecule has 0 fully saturated rings. The highest BCUT2D eigenvalue weighted by atomic mass is 32.2. The standard InChI is InChI=1S/C22H24FN3O7S/c1-24-34(30,31)25-18-6-4-5-13(20(18)23)11-17-15(9-10-27)16-8-7-14(32-22(29)26(2)3)12-19(16)33-21(17)28/h4-8,12,24-25,27H,9-11H2,1-3H3. The molecule has 1 aromatic heterocycles. The zero-order chi connectivity index (χ0) is 25.0. The van der Waals surface area contributed by atoms with E-state index in [0.29, 0.717) is 10.9 Å². The number of hydrogen-bond donors (Lipinski definition) is 3. The fourth-order valence-corrected chi connectivity index (χ4v) is 3.85. The average molecular weight is 494 g/mol. The van der Waals surface area contributed by atoms with Gasteiger partial charge in [0.2, 0.25) is 0 Å². The number of rotatable bonds is 8. The molecule has 12 heteroatoms. The molecule has 0 saturated carbocycles. The number of amides is 1. The summed E-state index contributed by atoms with van der Waals surface area (Å²) < 4.78 is 53.2. The number of aliphatic hydroxyl groups is 1. The van der Waals surface area contributed by atoms with Crippen LogP contribution in [0.2, 0.25) is 0 Å². The van der Waals surface area contributed by atoms with Crippen LogP contribution in [0.4, 0.5) is 14.9 Å². The normalized spacial score (nSPS) is 11.4. The van der Waals surface area contributed by atoms with Gasteiger partial charge >= 0.3 is 11.7 Å². The monoisotopic (exact) mass is 493 g/mol. The number of nitrogens with one attached hydrogen (secondary N) is 2. The van der Waals surface area contributed by atoms with E-state index in [0.717, 1.165) is 0 Å². The van der Waals surface area contributed by atoms with E-state index in [4.69, 9.17) is 9.15 Å². The van der Waals surface area contributed by atoms with Gasteiger partial charge in [-0.25, -0.2) is 18.7 Å². The summed E-state index contributed by atoms with van der Waals surface area (Å²) in [5, 5.41) is 10.1. The van der Waals surface area contributed by atoms with E-state index in [1.165, 1.54) is 56.4 Å². The first-order valence-electron chi connectivity index (χ1n) is 10.1. The fraction of sp³-hybridized carbons (Fsp3) is 0.273. The lowest BCUT2D eigenvalue weighted by atomic mass is 9.96. The third kappa shape index (κ3) is 5.53. The number of halogens is 1. The molecule has 0 aliphatic heterocycles. The number of carbonyl (C=O) groups is 1. The van der Waals surface area contributed by atoms with Crippen LogP contribution >= 0.6 is 0 Å². The first-order valence-corrected chi connectivity index (χ1v) is 11.6. The van der Waals surface area contributed by atoms with Crippen LogP contribution in [0.1, 0.15) is 16.7 Å². The molecule has 0 saturated heterocycles. The number of fused-ring (bicyclic) bond motifs is 1. The minimum atomic E-state index is -3.95. The molecule has 3 rings (SSSR count). The summed E-state index contributed by atoms with van der Waals surface area (Å²) in [6.45, 7) is -0.284.